The summed E-state index contributed by atoms with van der Waals surface area (Å²) in [5.74, 6) is -5.47. The van der Waals surface area contributed by atoms with Gasteiger partial charge >= 0.3 is 42.2 Å². The molecule has 738 valence electrons. The summed E-state index contributed by atoms with van der Waals surface area (Å²) in [6, 6.07) is 10.5. The predicted octanol–water partition coefficient (Wildman–Crippen LogP) is 14.6. The van der Waals surface area contributed by atoms with Crippen LogP contribution in [0.3, 0.4) is 0 Å². The number of ether oxygens (including phenoxy) is 4. The fraction of sp³-hybridized carbons (Fsp3) is 0.653. The summed E-state index contributed by atoms with van der Waals surface area (Å²) < 4.78 is 107. The van der Waals surface area contributed by atoms with Crippen molar-refractivity contribution in [2.75, 3.05) is 32.8 Å². The monoisotopic (exact) mass is 1880 g/mol. The van der Waals surface area contributed by atoms with Crippen molar-refractivity contribution in [2.24, 2.45) is 17.6 Å². The third-order valence-electron chi connectivity index (χ3n) is 22.1. The molecule has 32 nitrogen and oxygen atoms in total. The van der Waals surface area contributed by atoms with Crippen molar-refractivity contribution in [1.29, 1.82) is 0 Å². The molecule has 2 saturated carbocycles. The maximum absolute atomic E-state index is 13.9. The largest absolute Gasteiger partial charge is 0.481 e. The lowest BCUT2D eigenvalue weighted by Crippen LogP contribution is -2.45. The number of nitrogens with one attached hydrogen (secondary N) is 2. The number of halogens is 6. The summed E-state index contributed by atoms with van der Waals surface area (Å²) in [5, 5.41) is 32.1. The fourth-order valence-electron chi connectivity index (χ4n) is 15.8. The van der Waals surface area contributed by atoms with Crippen molar-refractivity contribution in [3.05, 3.63) is 83.2 Å². The highest BCUT2D eigenvalue weighted by molar-refractivity contribution is 6.00. The van der Waals surface area contributed by atoms with Gasteiger partial charge < -0.3 is 45.5 Å². The lowest BCUT2D eigenvalue weighted by Gasteiger charge is -2.27. The van der Waals surface area contributed by atoms with Crippen LogP contribution in [0.25, 0.3) is 22.5 Å². The molecule has 5 atom stereocenters. The molecule has 4 aromatic rings. The van der Waals surface area contributed by atoms with E-state index in [1.54, 1.807) is 41.5 Å². The number of nitrogens with zero attached hydrogens (tertiary/aromatic N) is 8. The van der Waals surface area contributed by atoms with E-state index in [9.17, 15) is 103 Å². The third-order valence-corrected chi connectivity index (χ3v) is 22.1. The van der Waals surface area contributed by atoms with Gasteiger partial charge in [-0.2, -0.15) is 36.5 Å². The Bertz CT molecular complexity index is 4540. The molecule has 6 aliphatic rings. The lowest BCUT2D eigenvalue weighted by molar-refractivity contribution is -0.157. The standard InChI is InChI=1S/C30H37F3N4O5.C26H29F3N4O5.C15H25NO4.C14H24N2O4.C10H20O3/c1-29(2,3)42-27(40)17-19(15-16-36-25(38)13-8-14-26(36)39)34-28(41)23-18-24(37(35-23)20-9-4-5-10-20)21-11-6-7-12-22(21)30(31,32)33;27-26(28,29)19-9-4-3-8-18(19)21-15-20(31-33(21)17-6-1-2-7-17)25(38)30-16(14-24(36)37)12-13-32-22(34)10-5-11-23(32)35;1-11(10-14(19)20-15(2,3)4)8-9-16-12(17)6-5-7-13(16)18;1-14(2,3)20-13(19)9-10(15)7-8-16-11(17)5-4-6-12(16)18;1-8(5-6-11)7-9(12)13-10(2,3)4/h6-7,11-12,18-20H,4-5,8-10,13-17H2,1-3H3,(H,34,41);3-4,8-9,15-17H,1-2,5-7,10-14H2,(H,30,38)(H,36,37);11H,5-10H2,1-4H3;10H,4-9,15H2,1-3H3;8,11H,5-7H2,1-4H3/t19-;16-;11-;10-;8-/m00000/s1. The molecule has 10 rings (SSSR count). The van der Waals surface area contributed by atoms with Gasteiger partial charge in [0.15, 0.2) is 11.4 Å². The van der Waals surface area contributed by atoms with Crippen LogP contribution in [0.1, 0.15) is 334 Å². The maximum Gasteiger partial charge on any atom is 0.417 e. The number of hydrogen-bond acceptors (Lipinski definition) is 23. The van der Waals surface area contributed by atoms with Gasteiger partial charge in [0.1, 0.15) is 22.4 Å². The van der Waals surface area contributed by atoms with Crippen LogP contribution in [-0.4, -0.2) is 212 Å². The second-order valence-electron chi connectivity index (χ2n) is 38.6. The van der Waals surface area contributed by atoms with Crippen molar-refractivity contribution < 1.29 is 127 Å². The Hall–Kier alpha value is -10.8. The normalized spacial score (nSPS) is 17.3. The lowest BCUT2D eigenvalue weighted by atomic mass is 10.0. The fourth-order valence-corrected chi connectivity index (χ4v) is 15.8. The van der Waals surface area contributed by atoms with Crippen LogP contribution in [0.15, 0.2) is 60.7 Å². The zero-order valence-corrected chi connectivity index (χ0v) is 79.1. The molecular formula is C95H135F6N11O21. The number of likely N-dealkylation sites (tertiary alicyclic amines) is 4. The molecular weight excluding hydrogens is 1750 g/mol. The number of aromatic nitrogens is 4. The summed E-state index contributed by atoms with van der Waals surface area (Å²) in [7, 11) is 0. The van der Waals surface area contributed by atoms with E-state index in [0.717, 1.165) is 60.5 Å². The van der Waals surface area contributed by atoms with Crippen LogP contribution in [0.2, 0.25) is 0 Å². The Morgan fingerprint density at radius 1 is 0.406 bits per heavy atom. The van der Waals surface area contributed by atoms with Crippen LogP contribution in [0, 0.1) is 11.8 Å². The number of esters is 4. The average molecular weight is 1880 g/mol. The van der Waals surface area contributed by atoms with E-state index in [0.29, 0.717) is 103 Å². The van der Waals surface area contributed by atoms with E-state index < -0.39 is 94.2 Å². The molecule has 2 aromatic carbocycles. The molecule has 6 fully saturated rings. The number of amides is 10. The quantitative estimate of drug-likeness (QED) is 0.0131. The second-order valence-corrected chi connectivity index (χ2v) is 38.6. The van der Waals surface area contributed by atoms with E-state index in [-0.39, 0.29) is 201 Å². The minimum absolute atomic E-state index is 0.00609. The van der Waals surface area contributed by atoms with E-state index in [4.69, 9.17) is 29.8 Å². The van der Waals surface area contributed by atoms with Gasteiger partial charge in [0, 0.05) is 126 Å². The first kappa shape index (κ1) is 111. The van der Waals surface area contributed by atoms with Crippen LogP contribution in [0.4, 0.5) is 26.3 Å². The number of carboxylic acids is 1. The molecule has 133 heavy (non-hydrogen) atoms. The van der Waals surface area contributed by atoms with E-state index in [2.05, 4.69) is 20.8 Å². The van der Waals surface area contributed by atoms with Crippen molar-refractivity contribution in [1.82, 2.24) is 49.8 Å². The van der Waals surface area contributed by atoms with Crippen LogP contribution >= 0.6 is 0 Å². The molecule has 0 bridgehead atoms. The van der Waals surface area contributed by atoms with Gasteiger partial charge in [-0.05, 0) is 203 Å². The predicted molar refractivity (Wildman–Crippen MR) is 476 cm³/mol. The number of nitrogens with two attached hydrogens (primary N) is 1. The number of aliphatic carboxylic acids is 1. The first-order chi connectivity index (χ1) is 62.0. The van der Waals surface area contributed by atoms with Gasteiger partial charge in [0.25, 0.3) is 11.8 Å². The van der Waals surface area contributed by atoms with Crippen LogP contribution in [0.5, 0.6) is 0 Å². The third kappa shape index (κ3) is 38.3. The van der Waals surface area contributed by atoms with Crippen molar-refractivity contribution >= 4 is 88.9 Å². The van der Waals surface area contributed by atoms with Gasteiger partial charge in [0.2, 0.25) is 47.3 Å². The Labute approximate surface area is 773 Å². The number of benzene rings is 2. The maximum atomic E-state index is 13.9. The summed E-state index contributed by atoms with van der Waals surface area (Å²) in [4.78, 5) is 185. The molecule has 2 aromatic heterocycles. The number of piperidine rings is 4. The second kappa shape index (κ2) is 50.5. The van der Waals surface area contributed by atoms with Gasteiger partial charge in [-0.15, -0.1) is 0 Å². The number of aliphatic hydroxyl groups excluding tert-OH is 1. The van der Waals surface area contributed by atoms with Crippen molar-refractivity contribution in [3.8, 4) is 22.5 Å². The Morgan fingerprint density at radius 3 is 0.985 bits per heavy atom. The zero-order chi connectivity index (χ0) is 99.3. The smallest absolute Gasteiger partial charge is 0.417 e. The summed E-state index contributed by atoms with van der Waals surface area (Å²) in [6.45, 7) is 26.2. The number of hydrogen-bond donors (Lipinski definition) is 5. The van der Waals surface area contributed by atoms with Crippen molar-refractivity contribution in [2.45, 2.75) is 355 Å². The summed E-state index contributed by atoms with van der Waals surface area (Å²) in [6.07, 6.45) is 4.03. The number of carbonyl (C=O) groups excluding carboxylic acids is 14. The Balaban J connectivity index is 0.000000272. The molecule has 0 unspecified atom stereocenters. The Morgan fingerprint density at radius 2 is 0.684 bits per heavy atom. The molecule has 2 aliphatic carbocycles. The SMILES string of the molecule is CC(C)(C)OC(=O)C[C@@H](N)CCN1C(=O)CCCC1=O.CC(C)(C)OC(=O)C[C@H](CCN1C(=O)CCCC1=O)NC(=O)c1cc(-c2ccccc2C(F)(F)F)n(C2CCCC2)n1.C[C@@H](CCN1C(=O)CCCC1=O)CC(=O)OC(C)(C)C.C[C@@H](CCO)CC(=O)OC(C)(C)C.O=C(O)C[C@H](CCN1C(=O)CCCC1=O)NC(=O)c1cc(-c2ccccc2C(F)(F)F)n(C2CCCC2)n1. The van der Waals surface area contributed by atoms with Crippen LogP contribution < -0.4 is 16.4 Å². The minimum atomic E-state index is -4.61. The average Bonchev–Trinajstić information content (AvgIpc) is 1.63. The first-order valence-corrected chi connectivity index (χ1v) is 45.9. The molecule has 6 heterocycles. The number of carbonyl (C=O) groups is 15. The molecule has 0 spiro atoms. The highest BCUT2D eigenvalue weighted by atomic mass is 19.4. The molecule has 10 amide bonds. The highest BCUT2D eigenvalue weighted by Crippen LogP contribution is 2.43. The number of carboxylic acid groups (broad SMARTS) is 1. The number of imide groups is 4. The van der Waals surface area contributed by atoms with E-state index in [1.807, 2.05) is 55.4 Å². The molecule has 4 aliphatic heterocycles. The molecule has 6 N–H and O–H groups in total. The van der Waals surface area contributed by atoms with Gasteiger partial charge in [-0.25, -0.2) is 0 Å². The zero-order valence-electron chi connectivity index (χ0n) is 79.1. The number of aliphatic hydroxyl groups is 1. The molecule has 0 radical (unpaired) electrons. The van der Waals surface area contributed by atoms with E-state index >= 15 is 0 Å². The summed E-state index contributed by atoms with van der Waals surface area (Å²) >= 11 is 0. The Kier molecular flexibility index (Phi) is 42.1. The molecule has 4 saturated heterocycles. The van der Waals surface area contributed by atoms with Crippen LogP contribution in [-0.2, 0) is 93.6 Å². The first-order valence-electron chi connectivity index (χ1n) is 45.9. The van der Waals surface area contributed by atoms with Gasteiger partial charge in [-0.3, -0.25) is 101 Å². The number of rotatable bonds is 32. The van der Waals surface area contributed by atoms with Gasteiger partial charge in [0.05, 0.1) is 53.9 Å². The minimum Gasteiger partial charge on any atom is -0.481 e. The van der Waals surface area contributed by atoms with Crippen molar-refractivity contribution in [3.63, 3.8) is 0 Å². The summed E-state index contributed by atoms with van der Waals surface area (Å²) in [5.41, 5.74) is 1.95. The van der Waals surface area contributed by atoms with Gasteiger partial charge in [-0.1, -0.05) is 75.9 Å². The van der Waals surface area contributed by atoms with E-state index in [1.165, 1.54) is 67.7 Å². The number of alkyl halides is 6. The highest BCUT2D eigenvalue weighted by Gasteiger charge is 2.40. The molecule has 38 heteroatoms. The topological polar surface area (TPSA) is 432 Å².